The number of benzene rings is 1. The molecule has 1 aliphatic heterocycles. The van der Waals surface area contributed by atoms with E-state index in [4.69, 9.17) is 16.3 Å². The second-order valence-electron chi connectivity index (χ2n) is 4.14. The standard InChI is InChI=1S/C12H14ClFN2O2/c1-18-11-6-15-5-10(11)16-12(17)8-3-2-7(14)4-9(8)13/h2-4,10-11,15H,5-6H2,1H3,(H,16,17)/t10?,11-/m0/s1. The summed E-state index contributed by atoms with van der Waals surface area (Å²) in [5.74, 6) is -0.787. The van der Waals surface area contributed by atoms with Crippen LogP contribution in [0.15, 0.2) is 18.2 Å². The Bertz CT molecular complexity index is 456. The molecule has 0 aliphatic carbocycles. The van der Waals surface area contributed by atoms with Gasteiger partial charge in [0.25, 0.3) is 5.91 Å². The van der Waals surface area contributed by atoms with Crippen LogP contribution in [0.5, 0.6) is 0 Å². The highest BCUT2D eigenvalue weighted by Crippen LogP contribution is 2.17. The van der Waals surface area contributed by atoms with Crippen molar-refractivity contribution in [3.8, 4) is 0 Å². The third kappa shape index (κ3) is 2.80. The summed E-state index contributed by atoms with van der Waals surface area (Å²) in [6.07, 6.45) is -0.0619. The summed E-state index contributed by atoms with van der Waals surface area (Å²) in [6, 6.07) is 3.60. The Morgan fingerprint density at radius 2 is 2.33 bits per heavy atom. The molecule has 1 aromatic rings. The van der Waals surface area contributed by atoms with E-state index in [1.54, 1.807) is 7.11 Å². The van der Waals surface area contributed by atoms with Gasteiger partial charge in [-0.25, -0.2) is 4.39 Å². The third-order valence-corrected chi connectivity index (χ3v) is 3.27. The van der Waals surface area contributed by atoms with Crippen LogP contribution >= 0.6 is 11.6 Å². The van der Waals surface area contributed by atoms with Crippen LogP contribution in [0.3, 0.4) is 0 Å². The molecule has 1 aliphatic rings. The zero-order chi connectivity index (χ0) is 13.1. The maximum atomic E-state index is 12.9. The summed E-state index contributed by atoms with van der Waals surface area (Å²) in [6.45, 7) is 1.33. The number of carbonyl (C=O) groups excluding carboxylic acids is 1. The Balaban J connectivity index is 2.07. The van der Waals surface area contributed by atoms with Crippen LogP contribution in [0.4, 0.5) is 4.39 Å². The molecular formula is C12H14ClFN2O2. The second-order valence-corrected chi connectivity index (χ2v) is 4.54. The van der Waals surface area contributed by atoms with Crippen molar-refractivity contribution in [3.63, 3.8) is 0 Å². The number of halogens is 2. The predicted molar refractivity (Wildman–Crippen MR) is 66.3 cm³/mol. The SMILES string of the molecule is CO[C@H]1CNCC1NC(=O)c1ccc(F)cc1Cl. The summed E-state index contributed by atoms with van der Waals surface area (Å²) in [4.78, 5) is 12.0. The number of hydrogen-bond acceptors (Lipinski definition) is 3. The Morgan fingerprint density at radius 3 is 3.00 bits per heavy atom. The van der Waals surface area contributed by atoms with Gasteiger partial charge in [-0.1, -0.05) is 11.6 Å². The fraction of sp³-hybridized carbons (Fsp3) is 0.417. The second kappa shape index (κ2) is 5.65. The van der Waals surface area contributed by atoms with Gasteiger partial charge in [-0.3, -0.25) is 4.79 Å². The maximum Gasteiger partial charge on any atom is 0.253 e. The quantitative estimate of drug-likeness (QED) is 0.869. The molecule has 1 aromatic carbocycles. The van der Waals surface area contributed by atoms with E-state index in [0.29, 0.717) is 13.1 Å². The molecule has 0 bridgehead atoms. The van der Waals surface area contributed by atoms with Crippen LogP contribution in [-0.2, 0) is 4.74 Å². The molecule has 18 heavy (non-hydrogen) atoms. The van der Waals surface area contributed by atoms with Crippen molar-refractivity contribution >= 4 is 17.5 Å². The van der Waals surface area contributed by atoms with Crippen LogP contribution in [0.1, 0.15) is 10.4 Å². The van der Waals surface area contributed by atoms with Gasteiger partial charge < -0.3 is 15.4 Å². The minimum Gasteiger partial charge on any atom is -0.378 e. The van der Waals surface area contributed by atoms with E-state index < -0.39 is 5.82 Å². The summed E-state index contributed by atoms with van der Waals surface area (Å²) < 4.78 is 18.1. The molecule has 4 nitrogen and oxygen atoms in total. The molecule has 0 aromatic heterocycles. The lowest BCUT2D eigenvalue weighted by Gasteiger charge is -2.18. The first-order valence-corrected chi connectivity index (χ1v) is 5.99. The van der Waals surface area contributed by atoms with Crippen LogP contribution < -0.4 is 10.6 Å². The summed E-state index contributed by atoms with van der Waals surface area (Å²) >= 11 is 5.83. The van der Waals surface area contributed by atoms with Crippen molar-refractivity contribution in [2.75, 3.05) is 20.2 Å². The number of amides is 1. The summed E-state index contributed by atoms with van der Waals surface area (Å²) in [5, 5.41) is 6.05. The van der Waals surface area contributed by atoms with Crippen LogP contribution in [0, 0.1) is 5.82 Å². The molecule has 0 spiro atoms. The maximum absolute atomic E-state index is 12.9. The first kappa shape index (κ1) is 13.3. The third-order valence-electron chi connectivity index (χ3n) is 2.95. The average molecular weight is 273 g/mol. The van der Waals surface area contributed by atoms with Crippen LogP contribution in [0.2, 0.25) is 5.02 Å². The van der Waals surface area contributed by atoms with Crippen molar-refractivity contribution in [1.29, 1.82) is 0 Å². The first-order valence-electron chi connectivity index (χ1n) is 5.61. The lowest BCUT2D eigenvalue weighted by atomic mass is 10.1. The molecule has 2 rings (SSSR count). The molecule has 2 N–H and O–H groups in total. The Kier molecular flexibility index (Phi) is 4.16. The van der Waals surface area contributed by atoms with Gasteiger partial charge in [0.1, 0.15) is 5.82 Å². The van der Waals surface area contributed by atoms with Crippen LogP contribution in [0.25, 0.3) is 0 Å². The highest BCUT2D eigenvalue weighted by molar-refractivity contribution is 6.33. The average Bonchev–Trinajstić information content (AvgIpc) is 2.76. The number of ether oxygens (including phenoxy) is 1. The molecular weight excluding hydrogens is 259 g/mol. The lowest BCUT2D eigenvalue weighted by Crippen LogP contribution is -2.43. The smallest absolute Gasteiger partial charge is 0.253 e. The molecule has 2 atom stereocenters. The first-order chi connectivity index (χ1) is 8.61. The predicted octanol–water partition coefficient (Wildman–Crippen LogP) is 1.20. The van der Waals surface area contributed by atoms with E-state index in [1.807, 2.05) is 0 Å². The molecule has 1 heterocycles. The van der Waals surface area contributed by atoms with Gasteiger partial charge in [0.15, 0.2) is 0 Å². The van der Waals surface area contributed by atoms with Crippen molar-refractivity contribution in [2.24, 2.45) is 0 Å². The van der Waals surface area contributed by atoms with E-state index in [9.17, 15) is 9.18 Å². The highest BCUT2D eigenvalue weighted by atomic mass is 35.5. The molecule has 1 fully saturated rings. The van der Waals surface area contributed by atoms with Crippen molar-refractivity contribution in [2.45, 2.75) is 12.1 Å². The molecule has 1 saturated heterocycles. The van der Waals surface area contributed by atoms with Gasteiger partial charge in [-0.2, -0.15) is 0 Å². The van der Waals surface area contributed by atoms with E-state index >= 15 is 0 Å². The zero-order valence-electron chi connectivity index (χ0n) is 9.87. The van der Waals surface area contributed by atoms with Gasteiger partial charge in [0, 0.05) is 20.2 Å². The topological polar surface area (TPSA) is 50.4 Å². The Hall–Kier alpha value is -1.17. The van der Waals surface area contributed by atoms with Gasteiger partial charge in [-0.05, 0) is 18.2 Å². The van der Waals surface area contributed by atoms with Gasteiger partial charge in [0.05, 0.1) is 22.7 Å². The van der Waals surface area contributed by atoms with Gasteiger partial charge in [-0.15, -0.1) is 0 Å². The summed E-state index contributed by atoms with van der Waals surface area (Å²) in [7, 11) is 1.60. The monoisotopic (exact) mass is 272 g/mol. The molecule has 6 heteroatoms. The number of hydrogen-bond donors (Lipinski definition) is 2. The molecule has 1 amide bonds. The normalized spacial score (nSPS) is 23.1. The molecule has 98 valence electrons. The summed E-state index contributed by atoms with van der Waals surface area (Å²) in [5.41, 5.74) is 0.264. The largest absolute Gasteiger partial charge is 0.378 e. The van der Waals surface area contributed by atoms with Crippen LogP contribution in [-0.4, -0.2) is 38.3 Å². The molecule has 1 unspecified atom stereocenters. The van der Waals surface area contributed by atoms with E-state index in [1.165, 1.54) is 12.1 Å². The van der Waals surface area contributed by atoms with Crippen molar-refractivity contribution in [1.82, 2.24) is 10.6 Å². The number of carbonyl (C=O) groups is 1. The van der Waals surface area contributed by atoms with Crippen molar-refractivity contribution in [3.05, 3.63) is 34.6 Å². The van der Waals surface area contributed by atoms with E-state index in [-0.39, 0.29) is 28.6 Å². The number of nitrogens with one attached hydrogen (secondary N) is 2. The fourth-order valence-electron chi connectivity index (χ4n) is 1.97. The zero-order valence-corrected chi connectivity index (χ0v) is 10.6. The lowest BCUT2D eigenvalue weighted by molar-refractivity contribution is 0.0780. The van der Waals surface area contributed by atoms with E-state index in [2.05, 4.69) is 10.6 Å². The minimum absolute atomic E-state index is 0.0619. The van der Waals surface area contributed by atoms with Crippen molar-refractivity contribution < 1.29 is 13.9 Å². The number of rotatable bonds is 3. The van der Waals surface area contributed by atoms with Gasteiger partial charge in [0.2, 0.25) is 0 Å². The van der Waals surface area contributed by atoms with E-state index in [0.717, 1.165) is 6.07 Å². The highest BCUT2D eigenvalue weighted by Gasteiger charge is 2.28. The minimum atomic E-state index is -0.464. The fourth-order valence-corrected chi connectivity index (χ4v) is 2.22. The Morgan fingerprint density at radius 1 is 1.56 bits per heavy atom. The van der Waals surface area contributed by atoms with Gasteiger partial charge >= 0.3 is 0 Å². The molecule has 0 saturated carbocycles. The molecule has 0 radical (unpaired) electrons. The number of methoxy groups -OCH3 is 1. The Labute approximate surface area is 109 Å².